The summed E-state index contributed by atoms with van der Waals surface area (Å²) in [7, 11) is -3.73. The van der Waals surface area contributed by atoms with Crippen LogP contribution in [0.5, 0.6) is 0 Å². The lowest BCUT2D eigenvalue weighted by Crippen LogP contribution is -2.42. The third-order valence-corrected chi connectivity index (χ3v) is 6.31. The quantitative estimate of drug-likeness (QED) is 0.654. The van der Waals surface area contributed by atoms with Crippen LogP contribution < -0.4 is 0 Å². The van der Waals surface area contributed by atoms with Gasteiger partial charge in [-0.3, -0.25) is 4.79 Å². The molecule has 1 heterocycles. The van der Waals surface area contributed by atoms with E-state index < -0.39 is 34.2 Å². The highest BCUT2D eigenvalue weighted by Gasteiger charge is 2.41. The van der Waals surface area contributed by atoms with Gasteiger partial charge in [0.15, 0.2) is 0 Å². The van der Waals surface area contributed by atoms with Crippen LogP contribution in [0.15, 0.2) is 41.3 Å². The van der Waals surface area contributed by atoms with E-state index in [1.807, 2.05) is 6.92 Å². The molecule has 3 atom stereocenters. The Bertz CT molecular complexity index is 741. The number of benzene rings is 1. The standard InChI is InChI=1S/C17H21NO5S/c1-12-4-8-15(9-5-12)24(21,22)18-10-2-3-16(18)17(20)23-14-7-6-13(19)11-14/h4-9,13-14,16,19H,2-3,10-11H2,1H3/t13-,14+,16+/m1/s1. The second-order valence-electron chi connectivity index (χ2n) is 6.25. The average molecular weight is 351 g/mol. The molecule has 0 spiro atoms. The number of aliphatic hydroxyl groups is 1. The molecule has 0 bridgehead atoms. The first-order valence-electron chi connectivity index (χ1n) is 8.03. The fraction of sp³-hybridized carbons (Fsp3) is 0.471. The zero-order valence-corrected chi connectivity index (χ0v) is 14.3. The van der Waals surface area contributed by atoms with Gasteiger partial charge in [-0.05, 0) is 38.0 Å². The molecule has 0 radical (unpaired) electrons. The summed E-state index contributed by atoms with van der Waals surface area (Å²) in [6.45, 7) is 2.19. The molecule has 1 aliphatic carbocycles. The van der Waals surface area contributed by atoms with Gasteiger partial charge in [-0.2, -0.15) is 4.31 Å². The molecule has 3 rings (SSSR count). The van der Waals surface area contributed by atoms with E-state index in [9.17, 15) is 18.3 Å². The number of carbonyl (C=O) groups is 1. The molecule has 0 aromatic heterocycles. The summed E-state index contributed by atoms with van der Waals surface area (Å²) in [5.74, 6) is -0.549. The summed E-state index contributed by atoms with van der Waals surface area (Å²) in [5, 5.41) is 9.45. The minimum atomic E-state index is -3.73. The van der Waals surface area contributed by atoms with E-state index in [-0.39, 0.29) is 4.90 Å². The zero-order valence-electron chi connectivity index (χ0n) is 13.5. The minimum Gasteiger partial charge on any atom is -0.457 e. The Morgan fingerprint density at radius 3 is 2.58 bits per heavy atom. The van der Waals surface area contributed by atoms with E-state index in [1.165, 1.54) is 4.31 Å². The highest BCUT2D eigenvalue weighted by Crippen LogP contribution is 2.28. The van der Waals surface area contributed by atoms with E-state index in [1.54, 1.807) is 36.4 Å². The van der Waals surface area contributed by atoms with Crippen LogP contribution in [0.2, 0.25) is 0 Å². The van der Waals surface area contributed by atoms with Crippen LogP contribution in [0.1, 0.15) is 24.8 Å². The van der Waals surface area contributed by atoms with Gasteiger partial charge in [0, 0.05) is 13.0 Å². The minimum absolute atomic E-state index is 0.184. The molecule has 0 amide bonds. The van der Waals surface area contributed by atoms with Gasteiger partial charge in [0.05, 0.1) is 11.0 Å². The van der Waals surface area contributed by atoms with Gasteiger partial charge in [0.25, 0.3) is 0 Å². The average Bonchev–Trinajstić information content (AvgIpc) is 3.17. The Kier molecular flexibility index (Phi) is 4.76. The molecule has 24 heavy (non-hydrogen) atoms. The fourth-order valence-electron chi connectivity index (χ4n) is 3.07. The molecule has 130 valence electrons. The van der Waals surface area contributed by atoms with Crippen molar-refractivity contribution in [2.24, 2.45) is 0 Å². The molecule has 1 fully saturated rings. The third kappa shape index (κ3) is 3.38. The van der Waals surface area contributed by atoms with Gasteiger partial charge in [-0.1, -0.05) is 23.8 Å². The molecule has 7 heteroatoms. The van der Waals surface area contributed by atoms with E-state index >= 15 is 0 Å². The molecule has 1 aliphatic heterocycles. The van der Waals surface area contributed by atoms with Crippen LogP contribution in [-0.2, 0) is 19.6 Å². The second-order valence-corrected chi connectivity index (χ2v) is 8.14. The second kappa shape index (κ2) is 6.66. The van der Waals surface area contributed by atoms with Gasteiger partial charge >= 0.3 is 5.97 Å². The number of ether oxygens (including phenoxy) is 1. The molecule has 1 aromatic rings. The number of carbonyl (C=O) groups excluding carboxylic acids is 1. The maximum absolute atomic E-state index is 12.8. The van der Waals surface area contributed by atoms with Crippen LogP contribution >= 0.6 is 0 Å². The zero-order chi connectivity index (χ0) is 17.3. The molecule has 1 aromatic carbocycles. The number of aliphatic hydroxyl groups excluding tert-OH is 1. The SMILES string of the molecule is Cc1ccc(S(=O)(=O)N2CCC[C@H]2C(=O)O[C@H]2C=C[C@@H](O)C2)cc1. The van der Waals surface area contributed by atoms with Gasteiger partial charge in [0.2, 0.25) is 10.0 Å². The van der Waals surface area contributed by atoms with Crippen molar-refractivity contribution in [1.29, 1.82) is 0 Å². The number of esters is 1. The normalized spacial score (nSPS) is 27.5. The number of sulfonamides is 1. The summed E-state index contributed by atoms with van der Waals surface area (Å²) in [6.07, 6.45) is 3.50. The molecule has 0 unspecified atom stereocenters. The molecule has 2 aliphatic rings. The fourth-order valence-corrected chi connectivity index (χ4v) is 4.72. The first kappa shape index (κ1) is 17.1. The Balaban J connectivity index is 1.76. The van der Waals surface area contributed by atoms with Crippen molar-refractivity contribution in [2.75, 3.05) is 6.54 Å². The topological polar surface area (TPSA) is 83.9 Å². The summed E-state index contributed by atoms with van der Waals surface area (Å²) in [5.41, 5.74) is 0.970. The number of rotatable bonds is 4. The molecular weight excluding hydrogens is 330 g/mol. The van der Waals surface area contributed by atoms with Crippen molar-refractivity contribution in [2.45, 2.75) is 49.3 Å². The summed E-state index contributed by atoms with van der Waals surface area (Å²) in [6, 6.07) is 5.78. The van der Waals surface area contributed by atoms with Gasteiger partial charge in [-0.25, -0.2) is 8.42 Å². The maximum Gasteiger partial charge on any atom is 0.325 e. The van der Waals surface area contributed by atoms with Crippen molar-refractivity contribution in [3.8, 4) is 0 Å². The molecule has 6 nitrogen and oxygen atoms in total. The van der Waals surface area contributed by atoms with Gasteiger partial charge in [-0.15, -0.1) is 0 Å². The monoisotopic (exact) mass is 351 g/mol. The third-order valence-electron chi connectivity index (χ3n) is 4.39. The van der Waals surface area contributed by atoms with E-state index in [4.69, 9.17) is 4.74 Å². The largest absolute Gasteiger partial charge is 0.457 e. The first-order chi connectivity index (χ1) is 11.4. The van der Waals surface area contributed by atoms with Crippen LogP contribution in [0.3, 0.4) is 0 Å². The maximum atomic E-state index is 12.8. The van der Waals surface area contributed by atoms with Crippen molar-refractivity contribution in [3.63, 3.8) is 0 Å². The lowest BCUT2D eigenvalue weighted by molar-refractivity contribution is -0.151. The Labute approximate surface area is 141 Å². The van der Waals surface area contributed by atoms with Gasteiger partial charge < -0.3 is 9.84 Å². The molecule has 1 saturated heterocycles. The highest BCUT2D eigenvalue weighted by molar-refractivity contribution is 7.89. The number of aryl methyl sites for hydroxylation is 1. The smallest absolute Gasteiger partial charge is 0.325 e. The lowest BCUT2D eigenvalue weighted by Gasteiger charge is -2.24. The highest BCUT2D eigenvalue weighted by atomic mass is 32.2. The number of hydrogen-bond donors (Lipinski definition) is 1. The number of hydrogen-bond acceptors (Lipinski definition) is 5. The summed E-state index contributed by atoms with van der Waals surface area (Å²) >= 11 is 0. The lowest BCUT2D eigenvalue weighted by atomic mass is 10.2. The molecule has 1 N–H and O–H groups in total. The first-order valence-corrected chi connectivity index (χ1v) is 9.47. The van der Waals surface area contributed by atoms with Crippen molar-refractivity contribution in [1.82, 2.24) is 4.31 Å². The van der Waals surface area contributed by atoms with Crippen LogP contribution in [0.4, 0.5) is 0 Å². The summed E-state index contributed by atoms with van der Waals surface area (Å²) < 4.78 is 32.2. The summed E-state index contributed by atoms with van der Waals surface area (Å²) in [4.78, 5) is 12.6. The molecule has 0 saturated carbocycles. The van der Waals surface area contributed by atoms with Crippen LogP contribution in [-0.4, -0.2) is 48.6 Å². The van der Waals surface area contributed by atoms with Crippen molar-refractivity contribution in [3.05, 3.63) is 42.0 Å². The van der Waals surface area contributed by atoms with E-state index in [0.717, 1.165) is 5.56 Å². The Morgan fingerprint density at radius 1 is 1.25 bits per heavy atom. The molecular formula is C17H21NO5S. The van der Waals surface area contributed by atoms with Crippen molar-refractivity contribution < 1.29 is 23.1 Å². The van der Waals surface area contributed by atoms with Crippen LogP contribution in [0.25, 0.3) is 0 Å². The Morgan fingerprint density at radius 2 is 1.96 bits per heavy atom. The Hall–Kier alpha value is -1.70. The van der Waals surface area contributed by atoms with E-state index in [0.29, 0.717) is 25.8 Å². The predicted octanol–water partition coefficient (Wildman–Crippen LogP) is 1.38. The van der Waals surface area contributed by atoms with Crippen LogP contribution in [0, 0.1) is 6.92 Å². The number of nitrogens with zero attached hydrogens (tertiary/aromatic N) is 1. The predicted molar refractivity (Wildman–Crippen MR) is 87.7 cm³/mol. The van der Waals surface area contributed by atoms with Gasteiger partial charge in [0.1, 0.15) is 12.1 Å². The van der Waals surface area contributed by atoms with Crippen molar-refractivity contribution >= 4 is 16.0 Å². The van der Waals surface area contributed by atoms with E-state index in [2.05, 4.69) is 0 Å².